The molecule has 1 unspecified atom stereocenters. The van der Waals surface area contributed by atoms with Crippen LogP contribution in [0.3, 0.4) is 0 Å². The summed E-state index contributed by atoms with van der Waals surface area (Å²) >= 11 is 0. The van der Waals surface area contributed by atoms with Crippen LogP contribution in [0.15, 0.2) is 36.9 Å². The Hall–Kier alpha value is -2.10. The summed E-state index contributed by atoms with van der Waals surface area (Å²) in [6.07, 6.45) is 1.33. The molecule has 4 nitrogen and oxygen atoms in total. The van der Waals surface area contributed by atoms with Gasteiger partial charge < -0.3 is 9.80 Å². The molecule has 0 aromatic heterocycles. The molecule has 1 heterocycles. The fourth-order valence-corrected chi connectivity index (χ4v) is 2.86. The van der Waals surface area contributed by atoms with E-state index >= 15 is 0 Å². The van der Waals surface area contributed by atoms with Gasteiger partial charge in [0.15, 0.2) is 0 Å². The van der Waals surface area contributed by atoms with Crippen LogP contribution in [-0.4, -0.2) is 47.3 Å². The lowest BCUT2D eigenvalue weighted by Crippen LogP contribution is -2.55. The average molecular weight is 300 g/mol. The Morgan fingerprint density at radius 3 is 2.45 bits per heavy atom. The molecule has 22 heavy (non-hydrogen) atoms. The summed E-state index contributed by atoms with van der Waals surface area (Å²) in [6, 6.07) is 8.12. The van der Waals surface area contributed by atoms with E-state index in [1.54, 1.807) is 4.90 Å². The maximum Gasteiger partial charge on any atom is 0.246 e. The third-order valence-corrected chi connectivity index (χ3v) is 4.34. The number of aryl methyl sites for hydroxylation is 1. The number of hydrogen-bond acceptors (Lipinski definition) is 2. The van der Waals surface area contributed by atoms with E-state index in [2.05, 4.69) is 6.58 Å². The van der Waals surface area contributed by atoms with E-state index in [0.717, 1.165) is 5.56 Å². The fourth-order valence-electron chi connectivity index (χ4n) is 2.86. The lowest BCUT2D eigenvalue weighted by atomic mass is 9.97. The average Bonchev–Trinajstić information content (AvgIpc) is 2.53. The first kappa shape index (κ1) is 16.3. The Labute approximate surface area is 132 Å². The van der Waals surface area contributed by atoms with E-state index in [0.29, 0.717) is 19.6 Å². The summed E-state index contributed by atoms with van der Waals surface area (Å²) in [5.41, 5.74) is 2.22. The van der Waals surface area contributed by atoms with Gasteiger partial charge in [0, 0.05) is 25.7 Å². The van der Waals surface area contributed by atoms with E-state index in [-0.39, 0.29) is 23.8 Å². The summed E-state index contributed by atoms with van der Waals surface area (Å²) in [5, 5.41) is 0. The van der Waals surface area contributed by atoms with E-state index < -0.39 is 0 Å². The third-order valence-electron chi connectivity index (χ3n) is 4.34. The zero-order valence-corrected chi connectivity index (χ0v) is 13.6. The Bertz CT molecular complexity index is 565. The minimum absolute atomic E-state index is 0.0260. The molecular formula is C18H24N2O2. The largest absolute Gasteiger partial charge is 0.336 e. The zero-order chi connectivity index (χ0) is 16.3. The first-order valence-corrected chi connectivity index (χ1v) is 7.72. The highest BCUT2D eigenvalue weighted by Gasteiger charge is 2.31. The highest BCUT2D eigenvalue weighted by molar-refractivity contribution is 5.88. The molecule has 118 valence electrons. The predicted molar refractivity (Wildman–Crippen MR) is 87.5 cm³/mol. The normalized spacial score (nSPS) is 19.7. The molecule has 1 aromatic carbocycles. The lowest BCUT2D eigenvalue weighted by Gasteiger charge is -2.40. The number of benzene rings is 1. The van der Waals surface area contributed by atoms with Crippen LogP contribution >= 0.6 is 0 Å². The van der Waals surface area contributed by atoms with Gasteiger partial charge in [-0.2, -0.15) is 0 Å². The molecule has 1 aliphatic heterocycles. The van der Waals surface area contributed by atoms with Gasteiger partial charge in [-0.25, -0.2) is 0 Å². The minimum atomic E-state index is -0.162. The topological polar surface area (TPSA) is 40.6 Å². The van der Waals surface area contributed by atoms with Crippen molar-refractivity contribution in [3.63, 3.8) is 0 Å². The molecule has 0 aliphatic carbocycles. The van der Waals surface area contributed by atoms with Crippen molar-refractivity contribution in [1.82, 2.24) is 9.80 Å². The molecule has 0 spiro atoms. The fraction of sp³-hybridized carbons (Fsp3) is 0.444. The quantitative estimate of drug-likeness (QED) is 0.804. The summed E-state index contributed by atoms with van der Waals surface area (Å²) in [5.74, 6) is -0.0997. The van der Waals surface area contributed by atoms with Gasteiger partial charge >= 0.3 is 0 Å². The number of carbonyl (C=O) groups is 2. The summed E-state index contributed by atoms with van der Waals surface area (Å²) in [6.45, 7) is 11.2. The Morgan fingerprint density at radius 1 is 1.27 bits per heavy atom. The number of nitrogens with zero attached hydrogens (tertiary/aromatic N) is 2. The van der Waals surface area contributed by atoms with Crippen LogP contribution in [0.1, 0.15) is 30.9 Å². The van der Waals surface area contributed by atoms with Crippen molar-refractivity contribution in [3.05, 3.63) is 48.0 Å². The van der Waals surface area contributed by atoms with Crippen LogP contribution in [0, 0.1) is 6.92 Å². The minimum Gasteiger partial charge on any atom is -0.336 e. The number of amides is 2. The van der Waals surface area contributed by atoms with Crippen LogP contribution in [0.2, 0.25) is 0 Å². The summed E-state index contributed by atoms with van der Waals surface area (Å²) < 4.78 is 0. The van der Waals surface area contributed by atoms with Gasteiger partial charge in [-0.05, 0) is 32.4 Å². The maximum atomic E-state index is 12.7. The zero-order valence-electron chi connectivity index (χ0n) is 13.6. The van der Waals surface area contributed by atoms with Gasteiger partial charge in [0.2, 0.25) is 11.8 Å². The van der Waals surface area contributed by atoms with Crippen molar-refractivity contribution < 1.29 is 9.59 Å². The molecule has 0 bridgehead atoms. The van der Waals surface area contributed by atoms with Crippen molar-refractivity contribution in [1.29, 1.82) is 0 Å². The van der Waals surface area contributed by atoms with Crippen LogP contribution in [0.4, 0.5) is 0 Å². The molecule has 0 saturated carbocycles. The SMILES string of the molecule is C=CC(=O)N1CCN(C(=O)C(C)c2ccc(C)cc2)[C@@H](C)C1. The molecule has 2 atom stereocenters. The number of rotatable bonds is 3. The van der Waals surface area contributed by atoms with Crippen molar-refractivity contribution in [2.75, 3.05) is 19.6 Å². The van der Waals surface area contributed by atoms with Crippen molar-refractivity contribution in [3.8, 4) is 0 Å². The summed E-state index contributed by atoms with van der Waals surface area (Å²) in [4.78, 5) is 28.1. The second-order valence-electron chi connectivity index (χ2n) is 6.00. The Kier molecular flexibility index (Phi) is 5.01. The molecule has 1 aliphatic rings. The van der Waals surface area contributed by atoms with E-state index in [4.69, 9.17) is 0 Å². The van der Waals surface area contributed by atoms with E-state index in [1.165, 1.54) is 11.6 Å². The van der Waals surface area contributed by atoms with Crippen LogP contribution in [0.25, 0.3) is 0 Å². The molecule has 0 radical (unpaired) electrons. The molecule has 1 saturated heterocycles. The van der Waals surface area contributed by atoms with Gasteiger partial charge in [-0.3, -0.25) is 9.59 Å². The number of piperazine rings is 1. The van der Waals surface area contributed by atoms with Crippen LogP contribution < -0.4 is 0 Å². The molecule has 2 amide bonds. The Morgan fingerprint density at radius 2 is 1.91 bits per heavy atom. The molecule has 1 aromatic rings. The van der Waals surface area contributed by atoms with Crippen molar-refractivity contribution in [2.45, 2.75) is 32.7 Å². The molecule has 4 heteroatoms. The van der Waals surface area contributed by atoms with Gasteiger partial charge in [-0.15, -0.1) is 0 Å². The van der Waals surface area contributed by atoms with Crippen molar-refractivity contribution in [2.24, 2.45) is 0 Å². The van der Waals surface area contributed by atoms with Crippen LogP contribution in [0.5, 0.6) is 0 Å². The number of hydrogen-bond donors (Lipinski definition) is 0. The molecule has 1 fully saturated rings. The molecule has 0 N–H and O–H groups in total. The van der Waals surface area contributed by atoms with Crippen molar-refractivity contribution >= 4 is 11.8 Å². The first-order chi connectivity index (χ1) is 10.4. The monoisotopic (exact) mass is 300 g/mol. The standard InChI is InChI=1S/C18H24N2O2/c1-5-17(21)19-10-11-20(14(3)12-19)18(22)15(4)16-8-6-13(2)7-9-16/h5-9,14-15H,1,10-12H2,2-4H3/t14-,15?/m0/s1. The smallest absolute Gasteiger partial charge is 0.246 e. The van der Waals surface area contributed by atoms with E-state index in [1.807, 2.05) is 49.9 Å². The van der Waals surface area contributed by atoms with E-state index in [9.17, 15) is 9.59 Å². The number of carbonyl (C=O) groups excluding carboxylic acids is 2. The third kappa shape index (κ3) is 3.38. The highest BCUT2D eigenvalue weighted by atomic mass is 16.2. The maximum absolute atomic E-state index is 12.7. The summed E-state index contributed by atoms with van der Waals surface area (Å²) in [7, 11) is 0. The molecular weight excluding hydrogens is 276 g/mol. The second-order valence-corrected chi connectivity index (χ2v) is 6.00. The van der Waals surface area contributed by atoms with Crippen LogP contribution in [-0.2, 0) is 9.59 Å². The highest BCUT2D eigenvalue weighted by Crippen LogP contribution is 2.21. The second kappa shape index (κ2) is 6.77. The first-order valence-electron chi connectivity index (χ1n) is 7.72. The van der Waals surface area contributed by atoms with Gasteiger partial charge in [-0.1, -0.05) is 36.4 Å². The lowest BCUT2D eigenvalue weighted by molar-refractivity contribution is -0.141. The van der Waals surface area contributed by atoms with Gasteiger partial charge in [0.1, 0.15) is 0 Å². The van der Waals surface area contributed by atoms with Gasteiger partial charge in [0.25, 0.3) is 0 Å². The predicted octanol–water partition coefficient (Wildman–Crippen LogP) is 2.34. The Balaban J connectivity index is 2.05. The van der Waals surface area contributed by atoms with Gasteiger partial charge in [0.05, 0.1) is 5.92 Å². The molecule has 2 rings (SSSR count).